The molecule has 1 aliphatic rings. The molecular formula is C15H15F3N4O3. The predicted molar refractivity (Wildman–Crippen MR) is 78.8 cm³/mol. The van der Waals surface area contributed by atoms with Crippen LogP contribution in [0.2, 0.25) is 0 Å². The van der Waals surface area contributed by atoms with Gasteiger partial charge in [0.05, 0.1) is 24.9 Å². The summed E-state index contributed by atoms with van der Waals surface area (Å²) in [5.74, 6) is -0.0613. The quantitative estimate of drug-likeness (QED) is 0.780. The number of rotatable bonds is 3. The Morgan fingerprint density at radius 3 is 2.76 bits per heavy atom. The molecule has 0 saturated carbocycles. The first-order valence-corrected chi connectivity index (χ1v) is 7.59. The number of aryl methyl sites for hydroxylation is 1. The second-order valence-electron chi connectivity index (χ2n) is 5.69. The van der Waals surface area contributed by atoms with Crippen LogP contribution in [0.3, 0.4) is 0 Å². The van der Waals surface area contributed by atoms with Crippen molar-refractivity contribution in [1.82, 2.24) is 19.3 Å². The van der Waals surface area contributed by atoms with Gasteiger partial charge in [-0.15, -0.1) is 0 Å². The smallest absolute Gasteiger partial charge is 0.417 e. The van der Waals surface area contributed by atoms with E-state index < -0.39 is 29.4 Å². The fourth-order valence-electron chi connectivity index (χ4n) is 2.83. The Balaban J connectivity index is 1.89. The van der Waals surface area contributed by atoms with E-state index >= 15 is 0 Å². The zero-order chi connectivity index (χ0) is 18.2. The van der Waals surface area contributed by atoms with Gasteiger partial charge in [0.15, 0.2) is 0 Å². The lowest BCUT2D eigenvalue weighted by molar-refractivity contribution is -0.145. The SMILES string of the molecule is COC(=O)C1CCCc2nn(Cc3ccc(C(F)(F)F)cn3)c(=O)n21. The van der Waals surface area contributed by atoms with E-state index in [9.17, 15) is 22.8 Å². The Morgan fingerprint density at radius 1 is 1.40 bits per heavy atom. The minimum atomic E-state index is -4.47. The van der Waals surface area contributed by atoms with E-state index in [0.29, 0.717) is 31.3 Å². The zero-order valence-corrected chi connectivity index (χ0v) is 13.3. The maximum Gasteiger partial charge on any atom is 0.417 e. The highest BCUT2D eigenvalue weighted by Crippen LogP contribution is 2.28. The summed E-state index contributed by atoms with van der Waals surface area (Å²) in [6, 6.07) is 1.38. The fourth-order valence-corrected chi connectivity index (χ4v) is 2.83. The Morgan fingerprint density at radius 2 is 2.16 bits per heavy atom. The van der Waals surface area contributed by atoms with Gasteiger partial charge in [-0.2, -0.15) is 18.3 Å². The van der Waals surface area contributed by atoms with Crippen LogP contribution < -0.4 is 5.69 Å². The number of nitrogens with zero attached hydrogens (tertiary/aromatic N) is 4. The number of hydrogen-bond donors (Lipinski definition) is 0. The second kappa shape index (κ2) is 6.34. The van der Waals surface area contributed by atoms with Crippen LogP contribution in [0.1, 0.15) is 36.0 Å². The number of esters is 1. The van der Waals surface area contributed by atoms with Crippen LogP contribution in [0, 0.1) is 0 Å². The molecule has 0 aromatic carbocycles. The summed E-state index contributed by atoms with van der Waals surface area (Å²) < 4.78 is 44.8. The maximum absolute atomic E-state index is 12.6. The minimum absolute atomic E-state index is 0.0785. The lowest BCUT2D eigenvalue weighted by atomic mass is 10.1. The zero-order valence-electron chi connectivity index (χ0n) is 13.3. The van der Waals surface area contributed by atoms with Gasteiger partial charge in [0.1, 0.15) is 11.9 Å². The van der Waals surface area contributed by atoms with E-state index in [1.54, 1.807) is 0 Å². The molecule has 2 aromatic rings. The van der Waals surface area contributed by atoms with Crippen molar-refractivity contribution in [2.45, 2.75) is 38.0 Å². The summed E-state index contributed by atoms with van der Waals surface area (Å²) in [4.78, 5) is 28.1. The van der Waals surface area contributed by atoms with Crippen LogP contribution in [-0.4, -0.2) is 32.4 Å². The number of aromatic nitrogens is 4. The maximum atomic E-state index is 12.6. The van der Waals surface area contributed by atoms with Gasteiger partial charge in [-0.3, -0.25) is 9.55 Å². The number of methoxy groups -OCH3 is 1. The van der Waals surface area contributed by atoms with Crippen LogP contribution in [-0.2, 0) is 28.7 Å². The average molecular weight is 356 g/mol. The number of carbonyl (C=O) groups excluding carboxylic acids is 1. The molecule has 25 heavy (non-hydrogen) atoms. The molecule has 0 saturated heterocycles. The molecule has 3 heterocycles. The molecule has 0 N–H and O–H groups in total. The van der Waals surface area contributed by atoms with Gasteiger partial charge in [-0.1, -0.05) is 0 Å². The van der Waals surface area contributed by atoms with E-state index in [0.717, 1.165) is 10.7 Å². The van der Waals surface area contributed by atoms with Crippen molar-refractivity contribution >= 4 is 5.97 Å². The molecule has 0 fully saturated rings. The standard InChI is InChI=1S/C15H15F3N4O3/c1-25-13(23)11-3-2-4-12-20-21(14(24)22(11)12)8-10-6-5-9(7-19-10)15(16,17)18/h5-7,11H,2-4,8H2,1H3. The molecule has 2 aromatic heterocycles. The summed E-state index contributed by atoms with van der Waals surface area (Å²) in [6.45, 7) is -0.0785. The lowest BCUT2D eigenvalue weighted by Crippen LogP contribution is -2.35. The Hall–Kier alpha value is -2.65. The van der Waals surface area contributed by atoms with Crippen LogP contribution in [0.25, 0.3) is 0 Å². The molecule has 134 valence electrons. The number of hydrogen-bond acceptors (Lipinski definition) is 5. The van der Waals surface area contributed by atoms with Crippen molar-refractivity contribution in [2.75, 3.05) is 7.11 Å². The number of ether oxygens (including phenoxy) is 1. The van der Waals surface area contributed by atoms with Gasteiger partial charge in [-0.25, -0.2) is 14.3 Å². The van der Waals surface area contributed by atoms with Crippen molar-refractivity contribution in [3.8, 4) is 0 Å². The third kappa shape index (κ3) is 3.28. The van der Waals surface area contributed by atoms with E-state index in [-0.39, 0.29) is 12.2 Å². The summed E-state index contributed by atoms with van der Waals surface area (Å²) in [5.41, 5.74) is -1.11. The normalized spacial score (nSPS) is 17.2. The molecule has 1 atom stereocenters. The summed E-state index contributed by atoms with van der Waals surface area (Å²) >= 11 is 0. The number of alkyl halides is 3. The van der Waals surface area contributed by atoms with Crippen molar-refractivity contribution in [3.63, 3.8) is 0 Å². The number of halogens is 3. The molecule has 1 unspecified atom stereocenters. The highest BCUT2D eigenvalue weighted by molar-refractivity contribution is 5.74. The van der Waals surface area contributed by atoms with Gasteiger partial charge in [-0.05, 0) is 25.0 Å². The fraction of sp³-hybridized carbons (Fsp3) is 0.467. The summed E-state index contributed by atoms with van der Waals surface area (Å²) in [6.07, 6.45) is -2.05. The van der Waals surface area contributed by atoms with E-state index in [1.807, 2.05) is 0 Å². The first-order chi connectivity index (χ1) is 11.8. The molecule has 3 rings (SSSR count). The van der Waals surface area contributed by atoms with E-state index in [1.165, 1.54) is 17.7 Å². The van der Waals surface area contributed by atoms with E-state index in [4.69, 9.17) is 4.74 Å². The van der Waals surface area contributed by atoms with Gasteiger partial charge in [0.25, 0.3) is 0 Å². The third-order valence-electron chi connectivity index (χ3n) is 4.07. The first kappa shape index (κ1) is 17.2. The first-order valence-electron chi connectivity index (χ1n) is 7.59. The van der Waals surface area contributed by atoms with Crippen molar-refractivity contribution in [2.24, 2.45) is 0 Å². The molecule has 0 radical (unpaired) electrons. The molecule has 7 nitrogen and oxygen atoms in total. The number of carbonyl (C=O) groups is 1. The molecular weight excluding hydrogens is 341 g/mol. The van der Waals surface area contributed by atoms with Crippen LogP contribution in [0.5, 0.6) is 0 Å². The Labute approximate surface area is 140 Å². The highest BCUT2D eigenvalue weighted by Gasteiger charge is 2.32. The predicted octanol–water partition coefficient (Wildman–Crippen LogP) is 1.56. The molecule has 0 spiro atoms. The number of fused-ring (bicyclic) bond motifs is 1. The van der Waals surface area contributed by atoms with Crippen LogP contribution in [0.15, 0.2) is 23.1 Å². The Bertz CT molecular complexity index is 839. The van der Waals surface area contributed by atoms with Gasteiger partial charge in [0.2, 0.25) is 0 Å². The van der Waals surface area contributed by atoms with Gasteiger partial charge >= 0.3 is 17.8 Å². The highest BCUT2D eigenvalue weighted by atomic mass is 19.4. The minimum Gasteiger partial charge on any atom is -0.467 e. The second-order valence-corrected chi connectivity index (χ2v) is 5.69. The molecule has 0 aliphatic carbocycles. The van der Waals surface area contributed by atoms with E-state index in [2.05, 4.69) is 10.1 Å². The van der Waals surface area contributed by atoms with Gasteiger partial charge in [0, 0.05) is 12.6 Å². The van der Waals surface area contributed by atoms with Crippen molar-refractivity contribution in [1.29, 1.82) is 0 Å². The largest absolute Gasteiger partial charge is 0.467 e. The average Bonchev–Trinajstić information content (AvgIpc) is 2.90. The lowest BCUT2D eigenvalue weighted by Gasteiger charge is -2.20. The summed E-state index contributed by atoms with van der Waals surface area (Å²) in [7, 11) is 1.25. The Kier molecular flexibility index (Phi) is 4.36. The molecule has 0 bridgehead atoms. The van der Waals surface area contributed by atoms with Gasteiger partial charge < -0.3 is 4.74 Å². The third-order valence-corrected chi connectivity index (χ3v) is 4.07. The van der Waals surface area contributed by atoms with Crippen LogP contribution >= 0.6 is 0 Å². The topological polar surface area (TPSA) is 79.0 Å². The molecule has 1 aliphatic heterocycles. The molecule has 0 amide bonds. The monoisotopic (exact) mass is 356 g/mol. The number of pyridine rings is 1. The molecule has 10 heteroatoms. The van der Waals surface area contributed by atoms with Crippen LogP contribution in [0.4, 0.5) is 13.2 Å². The van der Waals surface area contributed by atoms with Crippen molar-refractivity contribution < 1.29 is 22.7 Å². The summed E-state index contributed by atoms with van der Waals surface area (Å²) in [5, 5.41) is 4.18. The van der Waals surface area contributed by atoms with Crippen molar-refractivity contribution in [3.05, 3.63) is 45.9 Å².